The van der Waals surface area contributed by atoms with Gasteiger partial charge in [-0.3, -0.25) is 4.98 Å². The molecule has 0 saturated carbocycles. The summed E-state index contributed by atoms with van der Waals surface area (Å²) in [5.74, 6) is 0. The number of hydrogen-bond donors (Lipinski definition) is 1. The van der Waals surface area contributed by atoms with Crippen LogP contribution < -0.4 is 5.73 Å². The zero-order valence-corrected chi connectivity index (χ0v) is 8.64. The van der Waals surface area contributed by atoms with Crippen molar-refractivity contribution in [2.24, 2.45) is 5.73 Å². The lowest BCUT2D eigenvalue weighted by Gasteiger charge is -2.15. The van der Waals surface area contributed by atoms with Gasteiger partial charge in [-0.05, 0) is 6.07 Å². The molecule has 0 fully saturated rings. The molecular weight excluding hydrogens is 261 g/mol. The van der Waals surface area contributed by atoms with E-state index in [0.29, 0.717) is 10.0 Å². The zero-order chi connectivity index (χ0) is 10.8. The summed E-state index contributed by atoms with van der Waals surface area (Å²) in [6, 6.07) is 0.490. The zero-order valence-electron chi connectivity index (χ0n) is 7.05. The van der Waals surface area contributed by atoms with E-state index in [-0.39, 0.29) is 0 Å². The Balaban J connectivity index is 2.80. The minimum Gasteiger partial charge on any atom is -0.324 e. The van der Waals surface area contributed by atoms with Gasteiger partial charge in [-0.15, -0.1) is 0 Å². The number of nitrogens with two attached hydrogens (primary N) is 1. The summed E-state index contributed by atoms with van der Waals surface area (Å²) >= 11 is 3.12. The van der Waals surface area contributed by atoms with Gasteiger partial charge in [0.05, 0.1) is 6.42 Å². The Labute approximate surface area is 87.4 Å². The number of halogens is 4. The fourth-order valence-corrected chi connectivity index (χ4v) is 1.54. The summed E-state index contributed by atoms with van der Waals surface area (Å²) in [6.07, 6.45) is -2.49. The van der Waals surface area contributed by atoms with Gasteiger partial charge in [-0.1, -0.05) is 15.9 Å². The molecule has 0 bridgehead atoms. The third kappa shape index (κ3) is 3.26. The van der Waals surface area contributed by atoms with Crippen molar-refractivity contribution < 1.29 is 13.2 Å². The van der Waals surface area contributed by atoms with Crippen molar-refractivity contribution in [3.8, 4) is 0 Å². The summed E-state index contributed by atoms with van der Waals surface area (Å²) in [4.78, 5) is 3.72. The van der Waals surface area contributed by atoms with Gasteiger partial charge >= 0.3 is 6.18 Å². The van der Waals surface area contributed by atoms with Crippen LogP contribution in [0.1, 0.15) is 18.0 Å². The van der Waals surface area contributed by atoms with Gasteiger partial charge in [0.15, 0.2) is 0 Å². The van der Waals surface area contributed by atoms with Gasteiger partial charge < -0.3 is 5.73 Å². The van der Waals surface area contributed by atoms with Gasteiger partial charge in [0, 0.05) is 28.5 Å². The molecule has 1 atom stereocenters. The molecule has 2 nitrogen and oxygen atoms in total. The molecule has 0 unspecified atom stereocenters. The maximum atomic E-state index is 12.0. The second kappa shape index (κ2) is 4.27. The van der Waals surface area contributed by atoms with Crippen molar-refractivity contribution >= 4 is 15.9 Å². The Hall–Kier alpha value is -0.620. The van der Waals surface area contributed by atoms with Crippen molar-refractivity contribution in [1.29, 1.82) is 0 Å². The van der Waals surface area contributed by atoms with Crippen LogP contribution in [0.4, 0.5) is 13.2 Å². The molecule has 1 heterocycles. The van der Waals surface area contributed by atoms with Gasteiger partial charge in [-0.25, -0.2) is 0 Å². The SMILES string of the molecule is N[C@H](CC(F)(F)F)c1cnccc1Br. The van der Waals surface area contributed by atoms with Crippen LogP contribution in [-0.2, 0) is 0 Å². The molecule has 1 aromatic heterocycles. The molecule has 2 N–H and O–H groups in total. The molecule has 0 saturated heterocycles. The number of hydrogen-bond acceptors (Lipinski definition) is 2. The molecule has 0 aliphatic heterocycles. The number of pyridine rings is 1. The summed E-state index contributed by atoms with van der Waals surface area (Å²) in [5.41, 5.74) is 5.76. The molecule has 14 heavy (non-hydrogen) atoms. The predicted octanol–water partition coefficient (Wildman–Crippen LogP) is 2.80. The van der Waals surface area contributed by atoms with Crippen molar-refractivity contribution in [1.82, 2.24) is 4.98 Å². The largest absolute Gasteiger partial charge is 0.390 e. The van der Waals surface area contributed by atoms with Crippen molar-refractivity contribution in [2.45, 2.75) is 18.6 Å². The number of aromatic nitrogens is 1. The van der Waals surface area contributed by atoms with Gasteiger partial charge in [0.2, 0.25) is 0 Å². The fraction of sp³-hybridized carbons (Fsp3) is 0.375. The van der Waals surface area contributed by atoms with Gasteiger partial charge in [-0.2, -0.15) is 13.2 Å². The van der Waals surface area contributed by atoms with E-state index in [1.807, 2.05) is 0 Å². The fourth-order valence-electron chi connectivity index (χ4n) is 1.02. The van der Waals surface area contributed by atoms with Crippen molar-refractivity contribution in [3.05, 3.63) is 28.5 Å². The lowest BCUT2D eigenvalue weighted by Crippen LogP contribution is -2.20. The number of rotatable bonds is 2. The van der Waals surface area contributed by atoms with E-state index in [1.54, 1.807) is 6.07 Å². The molecule has 78 valence electrons. The maximum Gasteiger partial charge on any atom is 0.390 e. The van der Waals surface area contributed by atoms with E-state index in [9.17, 15) is 13.2 Å². The predicted molar refractivity (Wildman–Crippen MR) is 49.5 cm³/mol. The average Bonchev–Trinajstić information content (AvgIpc) is 2.01. The molecule has 6 heteroatoms. The summed E-state index contributed by atoms with van der Waals surface area (Å²) in [5, 5.41) is 0. The Morgan fingerprint density at radius 1 is 1.50 bits per heavy atom. The van der Waals surface area contributed by atoms with Crippen LogP contribution in [0, 0.1) is 0 Å². The highest BCUT2D eigenvalue weighted by atomic mass is 79.9. The van der Waals surface area contributed by atoms with Crippen LogP contribution in [-0.4, -0.2) is 11.2 Å². The van der Waals surface area contributed by atoms with Crippen LogP contribution in [0.5, 0.6) is 0 Å². The minimum absolute atomic E-state index is 0.366. The topological polar surface area (TPSA) is 38.9 Å². The smallest absolute Gasteiger partial charge is 0.324 e. The van der Waals surface area contributed by atoms with Crippen LogP contribution >= 0.6 is 15.9 Å². The second-order valence-electron chi connectivity index (χ2n) is 2.82. The Kier molecular flexibility index (Phi) is 3.49. The molecule has 0 aliphatic carbocycles. The highest BCUT2D eigenvalue weighted by Crippen LogP contribution is 2.30. The number of nitrogens with zero attached hydrogens (tertiary/aromatic N) is 1. The molecule has 1 rings (SSSR count). The van der Waals surface area contributed by atoms with E-state index in [0.717, 1.165) is 0 Å². The molecule has 0 amide bonds. The average molecular weight is 269 g/mol. The Morgan fingerprint density at radius 2 is 2.14 bits per heavy atom. The lowest BCUT2D eigenvalue weighted by molar-refractivity contribution is -0.138. The van der Waals surface area contributed by atoms with Crippen molar-refractivity contribution in [2.75, 3.05) is 0 Å². The van der Waals surface area contributed by atoms with Crippen molar-refractivity contribution in [3.63, 3.8) is 0 Å². The monoisotopic (exact) mass is 268 g/mol. The van der Waals surface area contributed by atoms with E-state index in [1.165, 1.54) is 12.4 Å². The van der Waals surface area contributed by atoms with E-state index in [2.05, 4.69) is 20.9 Å². The first-order chi connectivity index (χ1) is 6.40. The van der Waals surface area contributed by atoms with E-state index >= 15 is 0 Å². The number of alkyl halides is 3. The molecule has 0 radical (unpaired) electrons. The van der Waals surface area contributed by atoms with Gasteiger partial charge in [0.25, 0.3) is 0 Å². The van der Waals surface area contributed by atoms with Crippen LogP contribution in [0.25, 0.3) is 0 Å². The first-order valence-corrected chi connectivity index (χ1v) is 4.61. The summed E-state index contributed by atoms with van der Waals surface area (Å²) in [7, 11) is 0. The first kappa shape index (κ1) is 11.5. The van der Waals surface area contributed by atoms with Crippen LogP contribution in [0.15, 0.2) is 22.9 Å². The highest BCUT2D eigenvalue weighted by Gasteiger charge is 2.31. The molecule has 1 aromatic rings. The second-order valence-corrected chi connectivity index (χ2v) is 3.68. The molecule has 0 aliphatic rings. The third-order valence-corrected chi connectivity index (χ3v) is 2.37. The Morgan fingerprint density at radius 3 is 2.64 bits per heavy atom. The molecule has 0 aromatic carbocycles. The summed E-state index contributed by atoms with van der Waals surface area (Å²) < 4.78 is 36.6. The lowest BCUT2D eigenvalue weighted by atomic mass is 10.1. The highest BCUT2D eigenvalue weighted by molar-refractivity contribution is 9.10. The Bertz CT molecular complexity index is 314. The van der Waals surface area contributed by atoms with Crippen LogP contribution in [0.3, 0.4) is 0 Å². The summed E-state index contributed by atoms with van der Waals surface area (Å²) in [6.45, 7) is 0. The quantitative estimate of drug-likeness (QED) is 0.896. The van der Waals surface area contributed by atoms with E-state index in [4.69, 9.17) is 5.73 Å². The molecular formula is C8H8BrF3N2. The van der Waals surface area contributed by atoms with E-state index < -0.39 is 18.6 Å². The standard InChI is InChI=1S/C8H8BrF3N2/c9-6-1-2-14-4-5(6)7(13)3-8(10,11)12/h1-2,4,7H,3,13H2/t7-/m1/s1. The normalized spacial score (nSPS) is 14.1. The third-order valence-electron chi connectivity index (χ3n) is 1.65. The maximum absolute atomic E-state index is 12.0. The molecule has 0 spiro atoms. The van der Waals surface area contributed by atoms with Crippen LogP contribution in [0.2, 0.25) is 0 Å². The van der Waals surface area contributed by atoms with Gasteiger partial charge in [0.1, 0.15) is 0 Å². The first-order valence-electron chi connectivity index (χ1n) is 3.82. The minimum atomic E-state index is -4.26.